The lowest BCUT2D eigenvalue weighted by atomic mass is 10.2. The summed E-state index contributed by atoms with van der Waals surface area (Å²) in [7, 11) is -3.41. The third-order valence-electron chi connectivity index (χ3n) is 2.69. The Morgan fingerprint density at radius 2 is 2.00 bits per heavy atom. The van der Waals surface area contributed by atoms with Crippen molar-refractivity contribution in [3.63, 3.8) is 0 Å². The maximum absolute atomic E-state index is 11.7. The van der Waals surface area contributed by atoms with Crippen molar-refractivity contribution >= 4 is 21.7 Å². The van der Waals surface area contributed by atoms with Gasteiger partial charge in [0.1, 0.15) is 11.5 Å². The monoisotopic (exact) mass is 343 g/mol. The molecule has 2 N–H and O–H groups in total. The van der Waals surface area contributed by atoms with Gasteiger partial charge in [0, 0.05) is 6.54 Å². The zero-order valence-corrected chi connectivity index (χ0v) is 13.9. The van der Waals surface area contributed by atoms with Crippen molar-refractivity contribution in [2.75, 3.05) is 18.1 Å². The lowest BCUT2D eigenvalue weighted by molar-refractivity contribution is -0.139. The molecule has 0 aliphatic carbocycles. The molecule has 0 spiro atoms. The van der Waals surface area contributed by atoms with E-state index in [1.165, 1.54) is 0 Å². The summed E-state index contributed by atoms with van der Waals surface area (Å²) in [6.45, 7) is 3.24. The molecule has 0 aliphatic heterocycles. The minimum atomic E-state index is -3.41. The van der Waals surface area contributed by atoms with E-state index in [4.69, 9.17) is 9.84 Å². The lowest BCUT2D eigenvalue weighted by Crippen LogP contribution is -2.31. The van der Waals surface area contributed by atoms with Crippen LogP contribution < -0.4 is 10.1 Å². The quantitative estimate of drug-likeness (QED) is 0.687. The zero-order chi connectivity index (χ0) is 17.5. The van der Waals surface area contributed by atoms with Crippen molar-refractivity contribution in [2.24, 2.45) is 5.92 Å². The van der Waals surface area contributed by atoms with Crippen LogP contribution in [0.1, 0.15) is 19.4 Å². The molecule has 0 bridgehead atoms. The third-order valence-corrected chi connectivity index (χ3v) is 4.57. The molecule has 0 unspecified atom stereocenters. The number of rotatable bonds is 9. The van der Waals surface area contributed by atoms with Gasteiger partial charge in [0.2, 0.25) is 5.91 Å². The summed E-state index contributed by atoms with van der Waals surface area (Å²) in [6, 6.07) is 6.57. The minimum absolute atomic E-state index is 0.0288. The molecule has 0 atom stereocenters. The Hall–Kier alpha value is -2.09. The number of nitrogens with one attached hydrogen (secondary N) is 1. The first-order valence-corrected chi connectivity index (χ1v) is 8.91. The van der Waals surface area contributed by atoms with Crippen molar-refractivity contribution in [3.05, 3.63) is 29.8 Å². The lowest BCUT2D eigenvalue weighted by Gasteiger charge is -2.09. The largest absolute Gasteiger partial charge is 0.482 e. The van der Waals surface area contributed by atoms with Crippen LogP contribution in [0.25, 0.3) is 0 Å². The molecule has 0 saturated heterocycles. The Morgan fingerprint density at radius 1 is 1.30 bits per heavy atom. The maximum atomic E-state index is 11.7. The Balaban J connectivity index is 2.53. The summed E-state index contributed by atoms with van der Waals surface area (Å²) in [4.78, 5) is 22.2. The fourth-order valence-corrected chi connectivity index (χ4v) is 3.54. The molecule has 7 nitrogen and oxygen atoms in total. The number of amides is 1. The van der Waals surface area contributed by atoms with Gasteiger partial charge in [0.15, 0.2) is 16.4 Å². The molecule has 0 fully saturated rings. The number of benzene rings is 1. The highest BCUT2D eigenvalue weighted by Crippen LogP contribution is 2.13. The van der Waals surface area contributed by atoms with Crippen molar-refractivity contribution in [2.45, 2.75) is 20.4 Å². The number of hydrogen-bond acceptors (Lipinski definition) is 5. The van der Waals surface area contributed by atoms with Crippen molar-refractivity contribution in [1.29, 1.82) is 0 Å². The molecular weight excluding hydrogens is 322 g/mol. The van der Waals surface area contributed by atoms with Gasteiger partial charge in [-0.25, -0.2) is 13.2 Å². The van der Waals surface area contributed by atoms with Gasteiger partial charge in [-0.1, -0.05) is 26.0 Å². The van der Waals surface area contributed by atoms with Crippen LogP contribution in [0.3, 0.4) is 0 Å². The molecule has 23 heavy (non-hydrogen) atoms. The predicted octanol–water partition coefficient (Wildman–Crippen LogP) is 0.837. The Morgan fingerprint density at radius 3 is 2.61 bits per heavy atom. The van der Waals surface area contributed by atoms with Gasteiger partial charge in [-0.05, 0) is 23.6 Å². The molecular formula is C15H21NO6S. The van der Waals surface area contributed by atoms with Gasteiger partial charge in [0.05, 0.1) is 5.75 Å². The summed E-state index contributed by atoms with van der Waals surface area (Å²) in [5.74, 6) is -1.89. The number of sulfone groups is 1. The standard InChI is InChI=1S/C15H21NO6S/c1-11(2)9-23(20,21)10-14(17)16-7-12-4-3-5-13(6-12)22-8-15(18)19/h3-6,11H,7-10H2,1-2H3,(H,16,17)(H,18,19). The van der Waals surface area contributed by atoms with Gasteiger partial charge in [0.25, 0.3) is 0 Å². The van der Waals surface area contributed by atoms with Gasteiger partial charge in [-0.2, -0.15) is 0 Å². The highest BCUT2D eigenvalue weighted by Gasteiger charge is 2.17. The van der Waals surface area contributed by atoms with Crippen LogP contribution >= 0.6 is 0 Å². The SMILES string of the molecule is CC(C)CS(=O)(=O)CC(=O)NCc1cccc(OCC(=O)O)c1. The Labute approximate surface area is 135 Å². The van der Waals surface area contributed by atoms with Crippen LogP contribution in [0.15, 0.2) is 24.3 Å². The molecule has 0 saturated carbocycles. The molecule has 0 radical (unpaired) electrons. The summed E-state index contributed by atoms with van der Waals surface area (Å²) in [5, 5.41) is 11.1. The number of aliphatic carboxylic acids is 1. The minimum Gasteiger partial charge on any atom is -0.482 e. The normalized spacial score (nSPS) is 11.3. The highest BCUT2D eigenvalue weighted by atomic mass is 32.2. The van der Waals surface area contributed by atoms with Gasteiger partial charge < -0.3 is 15.2 Å². The fraction of sp³-hybridized carbons (Fsp3) is 0.467. The Kier molecular flexibility index (Phi) is 7.02. The predicted molar refractivity (Wildman–Crippen MR) is 84.9 cm³/mol. The second-order valence-electron chi connectivity index (χ2n) is 5.55. The van der Waals surface area contributed by atoms with Crippen LogP contribution in [-0.2, 0) is 26.0 Å². The van der Waals surface area contributed by atoms with Crippen LogP contribution in [0, 0.1) is 5.92 Å². The van der Waals surface area contributed by atoms with Crippen molar-refractivity contribution < 1.29 is 27.9 Å². The molecule has 1 amide bonds. The molecule has 8 heteroatoms. The van der Waals surface area contributed by atoms with Crippen molar-refractivity contribution in [1.82, 2.24) is 5.32 Å². The van der Waals surface area contributed by atoms with E-state index in [9.17, 15) is 18.0 Å². The van der Waals surface area contributed by atoms with E-state index in [1.54, 1.807) is 38.1 Å². The number of ether oxygens (including phenoxy) is 1. The molecule has 128 valence electrons. The number of carbonyl (C=O) groups excluding carboxylic acids is 1. The van der Waals surface area contributed by atoms with Crippen LogP contribution in [0.2, 0.25) is 0 Å². The summed E-state index contributed by atoms with van der Waals surface area (Å²) >= 11 is 0. The van der Waals surface area contributed by atoms with E-state index in [0.29, 0.717) is 11.3 Å². The molecule has 0 aliphatic rings. The van der Waals surface area contributed by atoms with Crippen LogP contribution in [0.5, 0.6) is 5.75 Å². The second-order valence-corrected chi connectivity index (χ2v) is 7.66. The van der Waals surface area contributed by atoms with E-state index in [-0.39, 0.29) is 18.2 Å². The van der Waals surface area contributed by atoms with E-state index >= 15 is 0 Å². The summed E-state index contributed by atoms with van der Waals surface area (Å²) < 4.78 is 28.5. The van der Waals surface area contributed by atoms with Crippen LogP contribution in [0.4, 0.5) is 0 Å². The molecule has 1 aromatic rings. The topological polar surface area (TPSA) is 110 Å². The first-order chi connectivity index (χ1) is 10.7. The van der Waals surface area contributed by atoms with Gasteiger partial charge in [-0.15, -0.1) is 0 Å². The van der Waals surface area contributed by atoms with Gasteiger partial charge in [-0.3, -0.25) is 4.79 Å². The Bertz CT molecular complexity index is 654. The van der Waals surface area contributed by atoms with Gasteiger partial charge >= 0.3 is 5.97 Å². The van der Waals surface area contributed by atoms with Crippen LogP contribution in [-0.4, -0.2) is 43.5 Å². The fourth-order valence-electron chi connectivity index (χ4n) is 1.91. The number of carbonyl (C=O) groups is 2. The summed E-state index contributed by atoms with van der Waals surface area (Å²) in [6.07, 6.45) is 0. The molecule has 1 rings (SSSR count). The highest BCUT2D eigenvalue weighted by molar-refractivity contribution is 7.92. The average molecular weight is 343 g/mol. The van der Waals surface area contributed by atoms with Crippen molar-refractivity contribution in [3.8, 4) is 5.75 Å². The van der Waals surface area contributed by atoms with E-state index in [0.717, 1.165) is 0 Å². The second kappa shape index (κ2) is 8.52. The number of carboxylic acids is 1. The van der Waals surface area contributed by atoms with E-state index in [2.05, 4.69) is 5.32 Å². The molecule has 1 aromatic carbocycles. The maximum Gasteiger partial charge on any atom is 0.341 e. The molecule has 0 aromatic heterocycles. The smallest absolute Gasteiger partial charge is 0.341 e. The van der Waals surface area contributed by atoms with E-state index < -0.39 is 34.1 Å². The first-order valence-electron chi connectivity index (χ1n) is 7.08. The zero-order valence-electron chi connectivity index (χ0n) is 13.1. The number of carboxylic acid groups (broad SMARTS) is 1. The third kappa shape index (κ3) is 8.20. The average Bonchev–Trinajstić information content (AvgIpc) is 2.41. The molecule has 0 heterocycles. The first kappa shape index (κ1) is 19.0. The summed E-state index contributed by atoms with van der Waals surface area (Å²) in [5.41, 5.74) is 0.683. The van der Waals surface area contributed by atoms with E-state index in [1.807, 2.05) is 0 Å². The number of hydrogen-bond donors (Lipinski definition) is 2.